The van der Waals surface area contributed by atoms with Gasteiger partial charge >= 0.3 is 17.9 Å². The summed E-state index contributed by atoms with van der Waals surface area (Å²) in [5.74, 6) is -3.87. The number of ether oxygens (including phenoxy) is 3. The van der Waals surface area contributed by atoms with Gasteiger partial charge in [-0.25, -0.2) is 14.4 Å². The van der Waals surface area contributed by atoms with E-state index >= 15 is 0 Å². The van der Waals surface area contributed by atoms with Gasteiger partial charge in [0.05, 0.1) is 5.02 Å². The van der Waals surface area contributed by atoms with Crippen LogP contribution in [-0.4, -0.2) is 34.9 Å². The number of benzene rings is 1. The number of carboxylic acid groups (broad SMARTS) is 1. The van der Waals surface area contributed by atoms with Gasteiger partial charge in [-0.05, 0) is 30.7 Å². The molecule has 0 saturated carbocycles. The van der Waals surface area contributed by atoms with Crippen molar-refractivity contribution in [3.8, 4) is 5.75 Å². The summed E-state index contributed by atoms with van der Waals surface area (Å²) in [4.78, 5) is 34.6. The summed E-state index contributed by atoms with van der Waals surface area (Å²) in [5, 5.41) is 8.96. The minimum atomic E-state index is -1.31. The molecule has 7 nitrogen and oxygen atoms in total. The molecule has 1 heterocycles. The second kappa shape index (κ2) is 6.52. The van der Waals surface area contributed by atoms with E-state index in [1.807, 2.05) is 0 Å². The number of hydrogen-bond acceptors (Lipinski definition) is 6. The molecule has 1 saturated heterocycles. The zero-order valence-corrected chi connectivity index (χ0v) is 13.9. The molecule has 2 rings (SSSR count). The predicted molar refractivity (Wildman–Crippen MR) is 83.4 cm³/mol. The fourth-order valence-corrected chi connectivity index (χ4v) is 2.12. The van der Waals surface area contributed by atoms with E-state index in [1.165, 1.54) is 45.0 Å². The Morgan fingerprint density at radius 2 is 1.88 bits per heavy atom. The van der Waals surface area contributed by atoms with Crippen LogP contribution >= 0.6 is 11.6 Å². The molecule has 1 aliphatic rings. The molecular formula is C16H15ClO7. The maximum Gasteiger partial charge on any atom is 0.348 e. The van der Waals surface area contributed by atoms with Crippen LogP contribution in [0.4, 0.5) is 0 Å². The van der Waals surface area contributed by atoms with Crippen molar-refractivity contribution in [3.05, 3.63) is 34.4 Å². The van der Waals surface area contributed by atoms with Gasteiger partial charge in [-0.3, -0.25) is 0 Å². The van der Waals surface area contributed by atoms with Crippen molar-refractivity contribution in [2.45, 2.75) is 32.7 Å². The summed E-state index contributed by atoms with van der Waals surface area (Å²) in [7, 11) is 0. The highest BCUT2D eigenvalue weighted by atomic mass is 35.5. The van der Waals surface area contributed by atoms with Gasteiger partial charge in [-0.15, -0.1) is 0 Å². The first-order valence-corrected chi connectivity index (χ1v) is 7.34. The summed E-state index contributed by atoms with van der Waals surface area (Å²) in [5.41, 5.74) is 0.164. The quantitative estimate of drug-likeness (QED) is 0.503. The maximum absolute atomic E-state index is 11.9. The summed E-state index contributed by atoms with van der Waals surface area (Å²) in [6.45, 7) is 4.27. The summed E-state index contributed by atoms with van der Waals surface area (Å²) < 4.78 is 15.2. The first-order valence-electron chi connectivity index (χ1n) is 6.96. The molecule has 1 aromatic carbocycles. The molecule has 0 bridgehead atoms. The zero-order chi connectivity index (χ0) is 18.1. The van der Waals surface area contributed by atoms with Crippen LogP contribution in [0.2, 0.25) is 5.02 Å². The van der Waals surface area contributed by atoms with E-state index in [1.54, 1.807) is 0 Å². The highest BCUT2D eigenvalue weighted by Crippen LogP contribution is 2.29. The number of rotatable bonds is 4. The molecule has 0 spiro atoms. The van der Waals surface area contributed by atoms with Crippen molar-refractivity contribution in [3.63, 3.8) is 0 Å². The Hall–Kier alpha value is -2.54. The summed E-state index contributed by atoms with van der Waals surface area (Å²) in [6, 6.07) is 4.39. The van der Waals surface area contributed by atoms with E-state index < -0.39 is 29.8 Å². The fraction of sp³-hybridized carbons (Fsp3) is 0.312. The summed E-state index contributed by atoms with van der Waals surface area (Å²) in [6.07, 6.45) is 0.202. The highest BCUT2D eigenvalue weighted by Gasteiger charge is 2.38. The van der Waals surface area contributed by atoms with Crippen molar-refractivity contribution in [2.75, 3.05) is 0 Å². The van der Waals surface area contributed by atoms with Crippen LogP contribution in [0, 0.1) is 0 Å². The molecular weight excluding hydrogens is 340 g/mol. The smallest absolute Gasteiger partial charge is 0.348 e. The maximum atomic E-state index is 11.9. The fourth-order valence-electron chi connectivity index (χ4n) is 1.89. The number of hydrogen-bond donors (Lipinski definition) is 1. The molecule has 8 heteroatoms. The third-order valence-electron chi connectivity index (χ3n) is 3.04. The molecule has 24 heavy (non-hydrogen) atoms. The third-order valence-corrected chi connectivity index (χ3v) is 3.33. The van der Waals surface area contributed by atoms with Crippen LogP contribution < -0.4 is 4.74 Å². The Bertz CT molecular complexity index is 714. The molecule has 1 atom stereocenters. The number of esters is 2. The molecule has 0 radical (unpaired) electrons. The monoisotopic (exact) mass is 354 g/mol. The second-order valence-electron chi connectivity index (χ2n) is 5.53. The van der Waals surface area contributed by atoms with Crippen LogP contribution in [0.1, 0.15) is 26.3 Å². The minimum Gasteiger partial charge on any atom is -0.479 e. The Labute approximate surface area is 142 Å². The zero-order valence-electron chi connectivity index (χ0n) is 13.2. The molecule has 1 aromatic rings. The standard InChI is InChI=1S/C16H15ClO7/c1-8(13(18)19)22-12-5-4-9(7-11(12)17)6-10-14(20)23-16(2,3)24-15(10)21/h4-8H,1-3H3,(H,18,19). The normalized spacial score (nSPS) is 17.6. The van der Waals surface area contributed by atoms with Gasteiger partial charge in [0.2, 0.25) is 0 Å². The van der Waals surface area contributed by atoms with E-state index in [0.717, 1.165) is 0 Å². The Morgan fingerprint density at radius 1 is 1.29 bits per heavy atom. The van der Waals surface area contributed by atoms with Crippen LogP contribution in [0.5, 0.6) is 5.75 Å². The SMILES string of the molecule is CC(Oc1ccc(C=C2C(=O)OC(C)(C)OC2=O)cc1Cl)C(=O)O. The average Bonchev–Trinajstić information content (AvgIpc) is 2.44. The first kappa shape index (κ1) is 17.8. The Kier molecular flexibility index (Phi) is 4.84. The van der Waals surface area contributed by atoms with Gasteiger partial charge in [0, 0.05) is 13.8 Å². The number of aliphatic carboxylic acids is 1. The molecule has 1 aliphatic heterocycles. The lowest BCUT2D eigenvalue weighted by molar-refractivity contribution is -0.222. The lowest BCUT2D eigenvalue weighted by Crippen LogP contribution is -2.41. The van der Waals surface area contributed by atoms with Crippen LogP contribution in [0.15, 0.2) is 23.8 Å². The molecule has 128 valence electrons. The van der Waals surface area contributed by atoms with Gasteiger partial charge in [0.25, 0.3) is 5.79 Å². The van der Waals surface area contributed by atoms with E-state index in [0.29, 0.717) is 5.56 Å². The number of carbonyl (C=O) groups excluding carboxylic acids is 2. The van der Waals surface area contributed by atoms with Gasteiger partial charge < -0.3 is 19.3 Å². The molecule has 1 fully saturated rings. The van der Waals surface area contributed by atoms with Crippen molar-refractivity contribution in [1.82, 2.24) is 0 Å². The van der Waals surface area contributed by atoms with Gasteiger partial charge in [0.15, 0.2) is 6.10 Å². The van der Waals surface area contributed by atoms with Gasteiger partial charge in [-0.2, -0.15) is 0 Å². The van der Waals surface area contributed by atoms with E-state index in [9.17, 15) is 14.4 Å². The first-order chi connectivity index (χ1) is 11.1. The van der Waals surface area contributed by atoms with Crippen molar-refractivity contribution >= 4 is 35.6 Å². The topological polar surface area (TPSA) is 99.1 Å². The Balaban J connectivity index is 2.25. The highest BCUT2D eigenvalue weighted by molar-refractivity contribution is 6.32. The molecule has 1 unspecified atom stereocenters. The third kappa shape index (κ3) is 4.05. The largest absolute Gasteiger partial charge is 0.479 e. The molecule has 0 aliphatic carbocycles. The predicted octanol–water partition coefficient (Wildman–Crippen LogP) is 2.41. The van der Waals surface area contributed by atoms with Crippen LogP contribution in [-0.2, 0) is 23.9 Å². The van der Waals surface area contributed by atoms with Crippen LogP contribution in [0.25, 0.3) is 6.08 Å². The number of halogens is 1. The van der Waals surface area contributed by atoms with Gasteiger partial charge in [0.1, 0.15) is 11.3 Å². The van der Waals surface area contributed by atoms with E-state index in [4.69, 9.17) is 30.9 Å². The van der Waals surface area contributed by atoms with Crippen LogP contribution in [0.3, 0.4) is 0 Å². The average molecular weight is 355 g/mol. The molecule has 1 N–H and O–H groups in total. The summed E-state index contributed by atoms with van der Waals surface area (Å²) >= 11 is 6.03. The molecule has 0 amide bonds. The second-order valence-corrected chi connectivity index (χ2v) is 5.93. The van der Waals surface area contributed by atoms with E-state index in [-0.39, 0.29) is 16.3 Å². The van der Waals surface area contributed by atoms with Crippen molar-refractivity contribution < 1.29 is 33.7 Å². The number of cyclic esters (lactones) is 2. The van der Waals surface area contributed by atoms with Crippen molar-refractivity contribution in [1.29, 1.82) is 0 Å². The van der Waals surface area contributed by atoms with Gasteiger partial charge in [-0.1, -0.05) is 17.7 Å². The van der Waals surface area contributed by atoms with Crippen molar-refractivity contribution in [2.24, 2.45) is 0 Å². The lowest BCUT2D eigenvalue weighted by atomic mass is 10.1. The number of carbonyl (C=O) groups is 3. The lowest BCUT2D eigenvalue weighted by Gasteiger charge is -2.29. The van der Waals surface area contributed by atoms with E-state index in [2.05, 4.69) is 0 Å². The number of carboxylic acids is 1. The minimum absolute atomic E-state index is 0.135. The Morgan fingerprint density at radius 3 is 2.38 bits per heavy atom. The molecule has 0 aromatic heterocycles.